The van der Waals surface area contributed by atoms with Crippen LogP contribution in [0.3, 0.4) is 0 Å². The van der Waals surface area contributed by atoms with Gasteiger partial charge in [-0.15, -0.1) is 0 Å². The summed E-state index contributed by atoms with van der Waals surface area (Å²) in [6, 6.07) is 109. The quantitative estimate of drug-likeness (QED) is 0.151. The maximum atomic E-state index is 3.74. The number of anilines is 4. The van der Waals surface area contributed by atoms with Crippen LogP contribution in [0.2, 0.25) is 0 Å². The summed E-state index contributed by atoms with van der Waals surface area (Å²) in [5.41, 5.74) is 21.6. The predicted octanol–water partition coefficient (Wildman–Crippen LogP) is 18.4. The maximum absolute atomic E-state index is 3.74. The highest BCUT2D eigenvalue weighted by atomic mass is 14.9. The average Bonchev–Trinajstić information content (AvgIpc) is 4.06. The topological polar surface area (TPSA) is 24.1 Å². The van der Waals surface area contributed by atoms with Crippen LogP contribution in [0.15, 0.2) is 303 Å². The Morgan fingerprint density at radius 2 is 0.595 bits per heavy atom. The molecule has 2 N–H and O–H groups in total. The molecule has 0 saturated carbocycles. The van der Waals surface area contributed by atoms with Crippen LogP contribution in [0.4, 0.5) is 22.7 Å². The van der Waals surface area contributed by atoms with Crippen LogP contribution in [-0.4, -0.2) is 0 Å². The van der Waals surface area contributed by atoms with Gasteiger partial charge in [-0.25, -0.2) is 0 Å². The second-order valence-corrected chi connectivity index (χ2v) is 19.3. The zero-order valence-electron chi connectivity index (χ0n) is 40.9. The molecule has 0 aromatic heterocycles. The van der Waals surface area contributed by atoms with Crippen LogP contribution in [0.25, 0.3) is 44.2 Å². The average molecular weight is 945 g/mol. The van der Waals surface area contributed by atoms with E-state index in [1.165, 1.54) is 88.7 Å². The third kappa shape index (κ3) is 7.50. The van der Waals surface area contributed by atoms with E-state index in [-0.39, 0.29) is 10.8 Å². The number of rotatable bonds is 9. The van der Waals surface area contributed by atoms with E-state index in [4.69, 9.17) is 0 Å². The lowest BCUT2D eigenvalue weighted by atomic mass is 9.67. The molecule has 12 aromatic rings. The maximum Gasteiger partial charge on any atom is 0.0714 e. The fourth-order valence-electron chi connectivity index (χ4n) is 12.1. The molecule has 0 radical (unpaired) electrons. The van der Waals surface area contributed by atoms with Gasteiger partial charge in [0.1, 0.15) is 0 Å². The van der Waals surface area contributed by atoms with Gasteiger partial charge in [0.25, 0.3) is 0 Å². The number of benzene rings is 12. The highest BCUT2D eigenvalue weighted by Gasteiger charge is 2.47. The summed E-state index contributed by atoms with van der Waals surface area (Å²) in [5.74, 6) is 0. The normalized spacial score (nSPS) is 13.1. The van der Waals surface area contributed by atoms with Gasteiger partial charge in [-0.1, -0.05) is 261 Å². The van der Waals surface area contributed by atoms with Crippen molar-refractivity contribution in [2.24, 2.45) is 0 Å². The molecule has 2 aliphatic rings. The van der Waals surface area contributed by atoms with Crippen molar-refractivity contribution >= 4 is 33.5 Å². The van der Waals surface area contributed by atoms with E-state index in [0.717, 1.165) is 22.7 Å². The number of hydrogen-bond acceptors (Lipinski definition) is 2. The molecule has 2 aliphatic carbocycles. The van der Waals surface area contributed by atoms with Crippen molar-refractivity contribution in [1.82, 2.24) is 0 Å². The number of nitrogens with one attached hydrogen (secondary N) is 2. The van der Waals surface area contributed by atoms with Crippen molar-refractivity contribution < 1.29 is 0 Å². The van der Waals surface area contributed by atoms with Gasteiger partial charge in [-0.3, -0.25) is 0 Å². The molecule has 0 atom stereocenters. The SMILES string of the molecule is c1ccc(-c2ccc(Nc3ccc4c(c3)C(c3ccccc3)(c3ccccc3)c3ccccc3-4)cc2)cc1.c1ccc(C2(c3ccccc3)c3ccccc3-c3ccc(Nc4cccc5ccccc45)cc32)cc1. The van der Waals surface area contributed by atoms with Crippen molar-refractivity contribution in [2.45, 2.75) is 10.8 Å². The van der Waals surface area contributed by atoms with Crippen LogP contribution >= 0.6 is 0 Å². The third-order valence-electron chi connectivity index (χ3n) is 15.3. The lowest BCUT2D eigenvalue weighted by Crippen LogP contribution is -2.28. The molecule has 74 heavy (non-hydrogen) atoms. The minimum absolute atomic E-state index is 0.384. The molecular weight excluding hydrogens is 893 g/mol. The summed E-state index contributed by atoms with van der Waals surface area (Å²) < 4.78 is 0. The Hall–Kier alpha value is -9.50. The standard InChI is InChI=1S/C37H27N.C35H25N/c1-4-12-27(13-5-1)28-20-22-31(23-21-28)38-32-24-25-34-33-18-10-11-19-35(33)37(36(34)26-32,29-14-6-2-7-15-29)30-16-8-3-9-17-30;1-3-14-26(15-4-1)35(27-16-5-2-6-17-27)32-20-10-9-19-30(32)31-23-22-28(24-33(31)35)36-34-21-11-13-25-12-7-8-18-29(25)34/h1-26,38H;1-24,36H. The summed E-state index contributed by atoms with van der Waals surface area (Å²) in [6.07, 6.45) is 0. The second kappa shape index (κ2) is 18.9. The summed E-state index contributed by atoms with van der Waals surface area (Å²) in [4.78, 5) is 0. The van der Waals surface area contributed by atoms with E-state index < -0.39 is 0 Å². The van der Waals surface area contributed by atoms with Gasteiger partial charge in [-0.05, 0) is 126 Å². The molecule has 14 rings (SSSR count). The zero-order valence-corrected chi connectivity index (χ0v) is 40.9. The van der Waals surface area contributed by atoms with Crippen molar-refractivity contribution in [3.63, 3.8) is 0 Å². The summed E-state index contributed by atoms with van der Waals surface area (Å²) >= 11 is 0. The first-order valence-corrected chi connectivity index (χ1v) is 25.6. The van der Waals surface area contributed by atoms with Crippen LogP contribution in [0, 0.1) is 0 Å². The van der Waals surface area contributed by atoms with E-state index in [1.807, 2.05) is 0 Å². The molecule has 0 bridgehead atoms. The Labute approximate surface area is 434 Å². The lowest BCUT2D eigenvalue weighted by molar-refractivity contribution is 0.769. The Kier molecular flexibility index (Phi) is 11.4. The molecule has 12 aromatic carbocycles. The first kappa shape index (κ1) is 44.4. The largest absolute Gasteiger partial charge is 0.356 e. The smallest absolute Gasteiger partial charge is 0.0714 e. The molecule has 0 aliphatic heterocycles. The van der Waals surface area contributed by atoms with E-state index in [9.17, 15) is 0 Å². The molecule has 350 valence electrons. The van der Waals surface area contributed by atoms with Gasteiger partial charge in [0, 0.05) is 28.1 Å². The zero-order chi connectivity index (χ0) is 49.3. The van der Waals surface area contributed by atoms with Gasteiger partial charge >= 0.3 is 0 Å². The van der Waals surface area contributed by atoms with E-state index in [1.54, 1.807) is 0 Å². The number of fused-ring (bicyclic) bond motifs is 7. The Morgan fingerprint density at radius 3 is 1.09 bits per heavy atom. The number of hydrogen-bond donors (Lipinski definition) is 2. The molecule has 0 fully saturated rings. The molecule has 0 spiro atoms. The van der Waals surface area contributed by atoms with Crippen molar-refractivity contribution in [3.8, 4) is 33.4 Å². The second-order valence-electron chi connectivity index (χ2n) is 19.3. The van der Waals surface area contributed by atoms with Crippen molar-refractivity contribution in [1.29, 1.82) is 0 Å². The van der Waals surface area contributed by atoms with E-state index in [0.29, 0.717) is 0 Å². The molecule has 2 nitrogen and oxygen atoms in total. The van der Waals surface area contributed by atoms with E-state index in [2.05, 4.69) is 314 Å². The minimum atomic E-state index is -0.386. The molecular formula is C72H52N2. The van der Waals surface area contributed by atoms with Gasteiger partial charge in [0.2, 0.25) is 0 Å². The highest BCUT2D eigenvalue weighted by Crippen LogP contribution is 2.58. The fourth-order valence-corrected chi connectivity index (χ4v) is 12.1. The van der Waals surface area contributed by atoms with Crippen molar-refractivity contribution in [3.05, 3.63) is 348 Å². The van der Waals surface area contributed by atoms with Gasteiger partial charge < -0.3 is 10.6 Å². The van der Waals surface area contributed by atoms with Crippen LogP contribution in [-0.2, 0) is 10.8 Å². The first-order chi connectivity index (χ1) is 36.7. The summed E-state index contributed by atoms with van der Waals surface area (Å²) in [5, 5.41) is 9.88. The molecule has 0 unspecified atom stereocenters. The Balaban J connectivity index is 0.000000143. The summed E-state index contributed by atoms with van der Waals surface area (Å²) in [6.45, 7) is 0. The van der Waals surface area contributed by atoms with Crippen LogP contribution in [0.5, 0.6) is 0 Å². The predicted molar refractivity (Wildman–Crippen MR) is 310 cm³/mol. The highest BCUT2D eigenvalue weighted by molar-refractivity contribution is 5.96. The molecule has 2 heteroatoms. The molecule has 0 amide bonds. The Bertz CT molecular complexity index is 3840. The summed E-state index contributed by atoms with van der Waals surface area (Å²) in [7, 11) is 0. The van der Waals surface area contributed by atoms with Gasteiger partial charge in [0.05, 0.1) is 10.8 Å². The Morgan fingerprint density at radius 1 is 0.230 bits per heavy atom. The molecule has 0 heterocycles. The minimum Gasteiger partial charge on any atom is -0.356 e. The van der Waals surface area contributed by atoms with Gasteiger partial charge in [-0.2, -0.15) is 0 Å². The van der Waals surface area contributed by atoms with Crippen molar-refractivity contribution in [2.75, 3.05) is 10.6 Å². The third-order valence-corrected chi connectivity index (χ3v) is 15.3. The lowest BCUT2D eigenvalue weighted by Gasteiger charge is -2.34. The van der Waals surface area contributed by atoms with Gasteiger partial charge in [0.15, 0.2) is 0 Å². The van der Waals surface area contributed by atoms with Crippen LogP contribution < -0.4 is 10.6 Å². The van der Waals surface area contributed by atoms with Crippen LogP contribution in [0.1, 0.15) is 44.5 Å². The van der Waals surface area contributed by atoms with E-state index >= 15 is 0 Å². The monoisotopic (exact) mass is 944 g/mol. The first-order valence-electron chi connectivity index (χ1n) is 25.6. The molecule has 0 saturated heterocycles. The fraction of sp³-hybridized carbons (Fsp3) is 0.0278.